The first-order valence-corrected chi connectivity index (χ1v) is 12.6. The van der Waals surface area contributed by atoms with Gasteiger partial charge in [-0.15, -0.1) is 0 Å². The Kier molecular flexibility index (Phi) is 7.71. The lowest BCUT2D eigenvalue weighted by molar-refractivity contribution is -0.384. The monoisotopic (exact) mass is 559 g/mol. The molecule has 1 amide bonds. The largest absolute Gasteiger partial charge is 0.495 e. The fraction of sp³-hybridized carbons (Fsp3) is 0.179. The minimum absolute atomic E-state index is 0.0619. The van der Waals surface area contributed by atoms with Crippen molar-refractivity contribution in [2.75, 3.05) is 31.0 Å². The fourth-order valence-electron chi connectivity index (χ4n) is 4.68. The first kappa shape index (κ1) is 26.8. The molecule has 0 bridgehead atoms. The van der Waals surface area contributed by atoms with E-state index in [9.17, 15) is 14.9 Å². The molecule has 2 aromatic heterocycles. The van der Waals surface area contributed by atoms with Crippen molar-refractivity contribution in [2.45, 2.75) is 12.1 Å². The molecule has 0 saturated carbocycles. The van der Waals surface area contributed by atoms with Gasteiger partial charge in [0.15, 0.2) is 5.11 Å². The Bertz CT molecular complexity index is 1560. The summed E-state index contributed by atoms with van der Waals surface area (Å²) in [6.45, 7) is -0.123. The quantitative estimate of drug-likeness (QED) is 0.164. The number of hydrogen-bond acceptors (Lipinski definition) is 8. The Morgan fingerprint density at radius 2 is 1.95 bits per heavy atom. The number of carbonyl (C=O) groups excluding carboxylic acids is 1. The molecule has 1 aliphatic heterocycles. The summed E-state index contributed by atoms with van der Waals surface area (Å²) in [4.78, 5) is 29.9. The van der Waals surface area contributed by atoms with E-state index in [2.05, 4.69) is 15.6 Å². The number of para-hydroxylation sites is 1. The van der Waals surface area contributed by atoms with E-state index in [1.54, 1.807) is 48.7 Å². The number of aromatic nitrogens is 1. The lowest BCUT2D eigenvalue weighted by Gasteiger charge is -2.27. The molecule has 0 radical (unpaired) electrons. The van der Waals surface area contributed by atoms with E-state index in [1.807, 2.05) is 29.2 Å². The highest BCUT2D eigenvalue weighted by Crippen LogP contribution is 2.44. The van der Waals surface area contributed by atoms with Crippen molar-refractivity contribution in [1.29, 1.82) is 0 Å². The molecule has 1 saturated heterocycles. The maximum atomic E-state index is 12.3. The standard InChI is InChI=1S/C28H25N5O6S/c1-37-16-25(34)30-20-15-17(10-11-23(20)38-2)32-27(26(31-28(32)40)19-8-5-6-14-29-19)24-13-12-22(39-24)18-7-3-4-9-21(18)33(35)36/h3-15,26-27H,16H2,1-2H3,(H,30,34)(H,31,40). The van der Waals surface area contributed by atoms with Crippen molar-refractivity contribution in [1.82, 2.24) is 10.3 Å². The Balaban J connectivity index is 1.60. The number of pyridine rings is 1. The van der Waals surface area contributed by atoms with Crippen LogP contribution in [0.25, 0.3) is 11.3 Å². The molecule has 0 aliphatic carbocycles. The van der Waals surface area contributed by atoms with Gasteiger partial charge in [-0.25, -0.2) is 0 Å². The highest BCUT2D eigenvalue weighted by Gasteiger charge is 2.43. The number of ether oxygens (including phenoxy) is 2. The van der Waals surface area contributed by atoms with Crippen LogP contribution in [0.4, 0.5) is 17.1 Å². The van der Waals surface area contributed by atoms with Crippen LogP contribution in [0.5, 0.6) is 5.75 Å². The van der Waals surface area contributed by atoms with Gasteiger partial charge in [-0.2, -0.15) is 0 Å². The number of nitrogens with zero attached hydrogens (tertiary/aromatic N) is 3. The number of benzene rings is 2. The number of nitro benzene ring substituents is 1. The van der Waals surface area contributed by atoms with E-state index in [0.717, 1.165) is 5.69 Å². The van der Waals surface area contributed by atoms with E-state index in [-0.39, 0.29) is 18.2 Å². The van der Waals surface area contributed by atoms with Crippen LogP contribution >= 0.6 is 12.2 Å². The van der Waals surface area contributed by atoms with Gasteiger partial charge in [-0.3, -0.25) is 19.9 Å². The number of carbonyl (C=O) groups is 1. The summed E-state index contributed by atoms with van der Waals surface area (Å²) < 4.78 is 16.7. The smallest absolute Gasteiger partial charge is 0.280 e. The predicted molar refractivity (Wildman–Crippen MR) is 152 cm³/mol. The molecule has 2 aromatic carbocycles. The molecular weight excluding hydrogens is 534 g/mol. The number of nitro groups is 1. The van der Waals surface area contributed by atoms with Gasteiger partial charge >= 0.3 is 0 Å². The van der Waals surface area contributed by atoms with Gasteiger partial charge in [0.25, 0.3) is 5.69 Å². The summed E-state index contributed by atoms with van der Waals surface area (Å²) in [7, 11) is 2.95. The van der Waals surface area contributed by atoms with E-state index in [1.165, 1.54) is 20.3 Å². The topological polar surface area (TPSA) is 132 Å². The van der Waals surface area contributed by atoms with Crippen molar-refractivity contribution >= 4 is 40.3 Å². The zero-order valence-corrected chi connectivity index (χ0v) is 22.4. The number of methoxy groups -OCH3 is 2. The molecule has 12 heteroatoms. The van der Waals surface area contributed by atoms with Gasteiger partial charge in [0.2, 0.25) is 5.91 Å². The highest BCUT2D eigenvalue weighted by molar-refractivity contribution is 7.80. The summed E-state index contributed by atoms with van der Waals surface area (Å²) in [5, 5.41) is 18.2. The number of furan rings is 1. The molecule has 1 aliphatic rings. The zero-order chi connectivity index (χ0) is 28.2. The average Bonchev–Trinajstić information content (AvgIpc) is 3.58. The summed E-state index contributed by atoms with van der Waals surface area (Å²) in [6.07, 6.45) is 1.69. The molecule has 2 N–H and O–H groups in total. The van der Waals surface area contributed by atoms with Gasteiger partial charge in [0.1, 0.15) is 29.9 Å². The zero-order valence-electron chi connectivity index (χ0n) is 21.6. The van der Waals surface area contributed by atoms with Crippen LogP contribution in [0, 0.1) is 10.1 Å². The van der Waals surface area contributed by atoms with Crippen LogP contribution < -0.4 is 20.3 Å². The van der Waals surface area contributed by atoms with Crippen LogP contribution in [0.2, 0.25) is 0 Å². The SMILES string of the molecule is COCC(=O)Nc1cc(N2C(=S)NC(c3ccccn3)C2c2ccc(-c3ccccc3[N+](=O)[O-])o2)ccc1OC. The van der Waals surface area contributed by atoms with Crippen LogP contribution in [0.1, 0.15) is 23.5 Å². The fourth-order valence-corrected chi connectivity index (χ4v) is 5.03. The second kappa shape index (κ2) is 11.5. The Morgan fingerprint density at radius 1 is 1.15 bits per heavy atom. The van der Waals surface area contributed by atoms with Crippen molar-refractivity contribution in [3.05, 3.63) is 101 Å². The summed E-state index contributed by atoms with van der Waals surface area (Å²) in [6, 6.07) is 19.8. The van der Waals surface area contributed by atoms with Gasteiger partial charge in [-0.1, -0.05) is 18.2 Å². The summed E-state index contributed by atoms with van der Waals surface area (Å²) in [5.41, 5.74) is 2.11. The Hall–Kier alpha value is -4.81. The van der Waals surface area contributed by atoms with Crippen molar-refractivity contribution in [2.24, 2.45) is 0 Å². The first-order chi connectivity index (χ1) is 19.4. The lowest BCUT2D eigenvalue weighted by atomic mass is 10.0. The minimum Gasteiger partial charge on any atom is -0.495 e. The average molecular weight is 560 g/mol. The summed E-state index contributed by atoms with van der Waals surface area (Å²) >= 11 is 5.78. The number of rotatable bonds is 9. The predicted octanol–water partition coefficient (Wildman–Crippen LogP) is 5.02. The molecule has 204 valence electrons. The van der Waals surface area contributed by atoms with Gasteiger partial charge < -0.3 is 29.4 Å². The van der Waals surface area contributed by atoms with Crippen molar-refractivity contribution in [3.63, 3.8) is 0 Å². The molecule has 3 heterocycles. The van der Waals surface area contributed by atoms with E-state index < -0.39 is 17.0 Å². The van der Waals surface area contributed by atoms with E-state index in [0.29, 0.717) is 39.3 Å². The summed E-state index contributed by atoms with van der Waals surface area (Å²) in [5.74, 6) is 0.975. The molecule has 4 aromatic rings. The van der Waals surface area contributed by atoms with Gasteiger partial charge in [0.05, 0.1) is 35.0 Å². The maximum absolute atomic E-state index is 12.3. The second-order valence-electron chi connectivity index (χ2n) is 8.84. The van der Waals surface area contributed by atoms with E-state index >= 15 is 0 Å². The van der Waals surface area contributed by atoms with Crippen LogP contribution in [-0.2, 0) is 9.53 Å². The molecule has 2 atom stereocenters. The van der Waals surface area contributed by atoms with Crippen LogP contribution in [0.3, 0.4) is 0 Å². The maximum Gasteiger partial charge on any atom is 0.280 e. The number of amides is 1. The third-order valence-electron chi connectivity index (χ3n) is 6.39. The van der Waals surface area contributed by atoms with Gasteiger partial charge in [0, 0.05) is 25.1 Å². The molecular formula is C28H25N5O6S. The number of nitrogens with one attached hydrogen (secondary N) is 2. The van der Waals surface area contributed by atoms with E-state index in [4.69, 9.17) is 26.1 Å². The molecule has 1 fully saturated rings. The number of anilines is 2. The van der Waals surface area contributed by atoms with Crippen LogP contribution in [0.15, 0.2) is 83.4 Å². The normalized spacial score (nSPS) is 16.4. The van der Waals surface area contributed by atoms with Crippen molar-refractivity contribution in [3.8, 4) is 17.1 Å². The van der Waals surface area contributed by atoms with Gasteiger partial charge in [-0.05, 0) is 60.7 Å². The molecule has 5 rings (SSSR count). The molecule has 2 unspecified atom stereocenters. The van der Waals surface area contributed by atoms with Crippen molar-refractivity contribution < 1.29 is 23.6 Å². The highest BCUT2D eigenvalue weighted by atomic mass is 32.1. The number of thiocarbonyl (C=S) groups is 1. The molecule has 11 nitrogen and oxygen atoms in total. The Labute approximate surface area is 234 Å². The third-order valence-corrected chi connectivity index (χ3v) is 6.71. The first-order valence-electron chi connectivity index (χ1n) is 12.2. The van der Waals surface area contributed by atoms with Crippen LogP contribution in [-0.4, -0.2) is 41.8 Å². The minimum atomic E-state index is -0.519. The Morgan fingerprint density at radius 3 is 2.67 bits per heavy atom. The lowest BCUT2D eigenvalue weighted by Crippen LogP contribution is -2.29. The third kappa shape index (κ3) is 5.22. The number of hydrogen-bond donors (Lipinski definition) is 2. The molecule has 40 heavy (non-hydrogen) atoms. The second-order valence-corrected chi connectivity index (χ2v) is 9.23. The molecule has 0 spiro atoms.